The predicted molar refractivity (Wildman–Crippen MR) is 105 cm³/mol. The highest BCUT2D eigenvalue weighted by Crippen LogP contribution is 2.22. The minimum atomic E-state index is 0.0219. The molecule has 26 heavy (non-hydrogen) atoms. The summed E-state index contributed by atoms with van der Waals surface area (Å²) in [6.07, 6.45) is 7.10. The summed E-state index contributed by atoms with van der Waals surface area (Å²) in [7, 11) is 1.93. The van der Waals surface area contributed by atoms with E-state index in [9.17, 15) is 4.79 Å². The highest BCUT2D eigenvalue weighted by Gasteiger charge is 2.18. The van der Waals surface area contributed by atoms with E-state index in [1.54, 1.807) is 0 Å². The van der Waals surface area contributed by atoms with Gasteiger partial charge >= 0.3 is 0 Å². The number of aromatic nitrogens is 2. The Labute approximate surface area is 155 Å². The molecular formula is C21H28N4O. The number of rotatable bonds is 5. The first-order valence-corrected chi connectivity index (χ1v) is 9.19. The number of aryl methyl sites for hydroxylation is 3. The third-order valence-electron chi connectivity index (χ3n) is 5.01. The van der Waals surface area contributed by atoms with E-state index in [1.807, 2.05) is 24.1 Å². The van der Waals surface area contributed by atoms with Gasteiger partial charge < -0.3 is 5.32 Å². The summed E-state index contributed by atoms with van der Waals surface area (Å²) in [6.45, 7) is 8.36. The van der Waals surface area contributed by atoms with Crippen molar-refractivity contribution in [3.8, 4) is 0 Å². The van der Waals surface area contributed by atoms with Crippen LogP contribution in [0.2, 0.25) is 0 Å². The van der Waals surface area contributed by atoms with Crippen molar-refractivity contribution in [2.24, 2.45) is 7.05 Å². The number of carbonyl (C=O) groups is 1. The van der Waals surface area contributed by atoms with Gasteiger partial charge in [-0.05, 0) is 43.9 Å². The van der Waals surface area contributed by atoms with Crippen LogP contribution in [-0.2, 0) is 11.8 Å². The van der Waals surface area contributed by atoms with Crippen LogP contribution in [0, 0.1) is 13.8 Å². The zero-order valence-electron chi connectivity index (χ0n) is 16.1. The highest BCUT2D eigenvalue weighted by molar-refractivity contribution is 5.78. The first-order valence-electron chi connectivity index (χ1n) is 9.19. The molecule has 1 amide bonds. The maximum atomic E-state index is 12.5. The van der Waals surface area contributed by atoms with Crippen molar-refractivity contribution in [3.05, 3.63) is 58.9 Å². The molecule has 1 atom stereocenters. The quantitative estimate of drug-likeness (QED) is 0.900. The van der Waals surface area contributed by atoms with E-state index in [0.717, 1.165) is 19.5 Å². The van der Waals surface area contributed by atoms with E-state index in [4.69, 9.17) is 0 Å². The Balaban J connectivity index is 1.54. The number of benzene rings is 1. The predicted octanol–water partition coefficient (Wildman–Crippen LogP) is 3.00. The molecule has 0 bridgehead atoms. The van der Waals surface area contributed by atoms with E-state index < -0.39 is 0 Å². The molecule has 0 saturated heterocycles. The van der Waals surface area contributed by atoms with Gasteiger partial charge in [0.05, 0.1) is 18.8 Å². The summed E-state index contributed by atoms with van der Waals surface area (Å²) in [6, 6.07) is 6.40. The Morgan fingerprint density at radius 1 is 1.35 bits per heavy atom. The van der Waals surface area contributed by atoms with Crippen LogP contribution in [0.25, 0.3) is 5.57 Å². The Bertz CT molecular complexity index is 821. The van der Waals surface area contributed by atoms with Crippen LogP contribution in [-0.4, -0.2) is 40.2 Å². The van der Waals surface area contributed by atoms with Crippen molar-refractivity contribution < 1.29 is 4.79 Å². The maximum Gasteiger partial charge on any atom is 0.234 e. The Hall–Kier alpha value is -2.40. The molecule has 5 nitrogen and oxygen atoms in total. The molecule has 0 aliphatic carbocycles. The van der Waals surface area contributed by atoms with Crippen LogP contribution in [0.15, 0.2) is 36.7 Å². The van der Waals surface area contributed by atoms with Gasteiger partial charge in [0.1, 0.15) is 0 Å². The fourth-order valence-corrected chi connectivity index (χ4v) is 3.50. The summed E-state index contributed by atoms with van der Waals surface area (Å²) < 4.78 is 1.82. The lowest BCUT2D eigenvalue weighted by molar-refractivity contribution is -0.122. The highest BCUT2D eigenvalue weighted by atomic mass is 16.2. The molecule has 2 aromatic rings. The Kier molecular flexibility index (Phi) is 5.57. The SMILES string of the molecule is Cc1ccc(C)c([C@@H](C)NC(=O)CN2CC=C(c3cnn(C)c3)CC2)c1. The number of carbonyl (C=O) groups excluding carboxylic acids is 1. The number of nitrogens with one attached hydrogen (secondary N) is 1. The molecule has 1 aliphatic heterocycles. The number of amides is 1. The monoisotopic (exact) mass is 352 g/mol. The van der Waals surface area contributed by atoms with Gasteiger partial charge in [-0.2, -0.15) is 5.10 Å². The van der Waals surface area contributed by atoms with E-state index >= 15 is 0 Å². The lowest BCUT2D eigenvalue weighted by Gasteiger charge is -2.26. The van der Waals surface area contributed by atoms with Crippen LogP contribution in [0.5, 0.6) is 0 Å². The third-order valence-corrected chi connectivity index (χ3v) is 5.01. The van der Waals surface area contributed by atoms with Gasteiger partial charge in [0.25, 0.3) is 0 Å². The average molecular weight is 352 g/mol. The van der Waals surface area contributed by atoms with Crippen molar-refractivity contribution in [2.75, 3.05) is 19.6 Å². The van der Waals surface area contributed by atoms with E-state index in [2.05, 4.69) is 60.4 Å². The molecule has 138 valence electrons. The van der Waals surface area contributed by atoms with Gasteiger partial charge in [-0.25, -0.2) is 0 Å². The zero-order valence-corrected chi connectivity index (χ0v) is 16.1. The maximum absolute atomic E-state index is 12.5. The van der Waals surface area contributed by atoms with E-state index in [0.29, 0.717) is 6.54 Å². The Morgan fingerprint density at radius 2 is 2.15 bits per heavy atom. The second kappa shape index (κ2) is 7.87. The standard InChI is InChI=1S/C21H28N4O/c1-15-5-6-16(2)20(11-15)17(3)23-21(26)14-25-9-7-18(8-10-25)19-12-22-24(4)13-19/h5-7,11-13,17H,8-10,14H2,1-4H3,(H,23,26)/t17-/m1/s1. The van der Waals surface area contributed by atoms with Crippen LogP contribution < -0.4 is 5.32 Å². The van der Waals surface area contributed by atoms with E-state index in [1.165, 1.54) is 27.8 Å². The first-order chi connectivity index (χ1) is 12.4. The molecule has 0 unspecified atom stereocenters. The molecule has 0 spiro atoms. The molecule has 1 aromatic carbocycles. The lowest BCUT2D eigenvalue weighted by Crippen LogP contribution is -2.40. The van der Waals surface area contributed by atoms with Gasteiger partial charge in [0.15, 0.2) is 0 Å². The Morgan fingerprint density at radius 3 is 2.81 bits per heavy atom. The molecule has 0 fully saturated rings. The number of hydrogen-bond donors (Lipinski definition) is 1. The van der Waals surface area contributed by atoms with Crippen molar-refractivity contribution in [1.82, 2.24) is 20.0 Å². The van der Waals surface area contributed by atoms with Gasteiger partial charge in [-0.3, -0.25) is 14.4 Å². The van der Waals surface area contributed by atoms with Gasteiger partial charge in [-0.15, -0.1) is 0 Å². The largest absolute Gasteiger partial charge is 0.348 e. The molecule has 1 aromatic heterocycles. The zero-order chi connectivity index (χ0) is 18.7. The normalized spacial score (nSPS) is 16.2. The van der Waals surface area contributed by atoms with Crippen LogP contribution in [0.4, 0.5) is 0 Å². The fourth-order valence-electron chi connectivity index (χ4n) is 3.50. The summed E-state index contributed by atoms with van der Waals surface area (Å²) in [5.74, 6) is 0.0802. The smallest absolute Gasteiger partial charge is 0.234 e. The topological polar surface area (TPSA) is 50.2 Å². The number of nitrogens with zero attached hydrogens (tertiary/aromatic N) is 3. The van der Waals surface area contributed by atoms with Gasteiger partial charge in [0, 0.05) is 31.9 Å². The molecule has 1 N–H and O–H groups in total. The van der Waals surface area contributed by atoms with Gasteiger partial charge in [-0.1, -0.05) is 29.8 Å². The van der Waals surface area contributed by atoms with E-state index in [-0.39, 0.29) is 11.9 Å². The second-order valence-electron chi connectivity index (χ2n) is 7.27. The summed E-state index contributed by atoms with van der Waals surface area (Å²) >= 11 is 0. The molecule has 0 radical (unpaired) electrons. The molecule has 0 saturated carbocycles. The minimum absolute atomic E-state index is 0.0219. The van der Waals surface area contributed by atoms with Crippen molar-refractivity contribution in [2.45, 2.75) is 33.2 Å². The van der Waals surface area contributed by atoms with Crippen LogP contribution in [0.3, 0.4) is 0 Å². The number of hydrogen-bond acceptors (Lipinski definition) is 3. The van der Waals surface area contributed by atoms with Crippen LogP contribution >= 0.6 is 0 Å². The summed E-state index contributed by atoms with van der Waals surface area (Å²) in [4.78, 5) is 14.6. The molecule has 2 heterocycles. The first kappa shape index (κ1) is 18.4. The lowest BCUT2D eigenvalue weighted by atomic mass is 10.00. The molecule has 1 aliphatic rings. The third kappa shape index (κ3) is 4.41. The van der Waals surface area contributed by atoms with Crippen LogP contribution in [0.1, 0.15) is 41.6 Å². The van der Waals surface area contributed by atoms with Crippen molar-refractivity contribution in [1.29, 1.82) is 0 Å². The molecule has 3 rings (SSSR count). The summed E-state index contributed by atoms with van der Waals surface area (Å²) in [5, 5.41) is 7.38. The molecule has 5 heteroatoms. The van der Waals surface area contributed by atoms with Crippen molar-refractivity contribution in [3.63, 3.8) is 0 Å². The second-order valence-corrected chi connectivity index (χ2v) is 7.27. The average Bonchev–Trinajstić information content (AvgIpc) is 3.04. The fraction of sp³-hybridized carbons (Fsp3) is 0.429. The van der Waals surface area contributed by atoms with Crippen molar-refractivity contribution >= 4 is 11.5 Å². The summed E-state index contributed by atoms with van der Waals surface area (Å²) in [5.41, 5.74) is 6.12. The minimum Gasteiger partial charge on any atom is -0.348 e. The molecular weight excluding hydrogens is 324 g/mol. The van der Waals surface area contributed by atoms with Gasteiger partial charge in [0.2, 0.25) is 5.91 Å².